The van der Waals surface area contributed by atoms with Crippen molar-refractivity contribution in [2.24, 2.45) is 11.8 Å². The van der Waals surface area contributed by atoms with Crippen LogP contribution in [-0.2, 0) is 9.53 Å². The fourth-order valence-corrected chi connectivity index (χ4v) is 2.38. The number of hydrogen-bond donors (Lipinski definition) is 0. The standard InChI is InChI=1S/C10H16ClNO2/c1-2-9(11)10(13)12-3-7-5-14-6-8(7)4-12/h7-9H,2-6H2,1H3/t7-,8-,9-/m0/s1. The number of likely N-dealkylation sites (tertiary alicyclic amines) is 1. The van der Waals surface area contributed by atoms with Gasteiger partial charge in [0.05, 0.1) is 13.2 Å². The fourth-order valence-electron chi connectivity index (χ4n) is 2.24. The van der Waals surface area contributed by atoms with E-state index >= 15 is 0 Å². The molecule has 1 amide bonds. The van der Waals surface area contributed by atoms with Crippen LogP contribution < -0.4 is 0 Å². The van der Waals surface area contributed by atoms with Gasteiger partial charge in [-0.25, -0.2) is 0 Å². The molecule has 2 fully saturated rings. The second-order valence-electron chi connectivity index (χ2n) is 4.18. The highest BCUT2D eigenvalue weighted by Crippen LogP contribution is 2.29. The zero-order valence-electron chi connectivity index (χ0n) is 8.41. The number of ether oxygens (including phenoxy) is 1. The van der Waals surface area contributed by atoms with Crippen molar-refractivity contribution in [3.63, 3.8) is 0 Å². The van der Waals surface area contributed by atoms with E-state index in [1.54, 1.807) is 0 Å². The average molecular weight is 218 g/mol. The molecule has 2 rings (SSSR count). The molecule has 0 N–H and O–H groups in total. The summed E-state index contributed by atoms with van der Waals surface area (Å²) in [6.07, 6.45) is 0.711. The quantitative estimate of drug-likeness (QED) is 0.649. The minimum atomic E-state index is -0.338. The lowest BCUT2D eigenvalue weighted by molar-refractivity contribution is -0.130. The maximum Gasteiger partial charge on any atom is 0.240 e. The maximum atomic E-state index is 11.8. The molecule has 4 heteroatoms. The minimum Gasteiger partial charge on any atom is -0.381 e. The first-order chi connectivity index (χ1) is 6.72. The monoisotopic (exact) mass is 217 g/mol. The first-order valence-electron chi connectivity index (χ1n) is 5.23. The molecule has 0 aliphatic carbocycles. The van der Waals surface area contributed by atoms with Crippen LogP contribution in [0.1, 0.15) is 13.3 Å². The number of carbonyl (C=O) groups is 1. The van der Waals surface area contributed by atoms with Crippen LogP contribution in [0.25, 0.3) is 0 Å². The Balaban J connectivity index is 1.92. The van der Waals surface area contributed by atoms with Crippen molar-refractivity contribution in [2.45, 2.75) is 18.7 Å². The summed E-state index contributed by atoms with van der Waals surface area (Å²) >= 11 is 5.93. The molecule has 2 aliphatic rings. The Morgan fingerprint density at radius 3 is 2.57 bits per heavy atom. The number of hydrogen-bond acceptors (Lipinski definition) is 2. The molecule has 0 bridgehead atoms. The van der Waals surface area contributed by atoms with Gasteiger partial charge in [0.25, 0.3) is 0 Å². The second kappa shape index (κ2) is 4.07. The van der Waals surface area contributed by atoms with Gasteiger partial charge in [0.15, 0.2) is 0 Å². The molecule has 0 aromatic rings. The molecule has 0 unspecified atom stereocenters. The van der Waals surface area contributed by atoms with Crippen molar-refractivity contribution in [1.82, 2.24) is 4.90 Å². The van der Waals surface area contributed by atoms with Crippen molar-refractivity contribution in [2.75, 3.05) is 26.3 Å². The van der Waals surface area contributed by atoms with E-state index in [9.17, 15) is 4.79 Å². The zero-order chi connectivity index (χ0) is 10.1. The van der Waals surface area contributed by atoms with Crippen LogP contribution in [0.4, 0.5) is 0 Å². The average Bonchev–Trinajstić information content (AvgIpc) is 2.74. The molecule has 0 radical (unpaired) electrons. The van der Waals surface area contributed by atoms with Gasteiger partial charge in [-0.05, 0) is 6.42 Å². The number of halogens is 1. The third kappa shape index (κ3) is 1.75. The molecule has 3 nitrogen and oxygen atoms in total. The molecule has 2 saturated heterocycles. The zero-order valence-corrected chi connectivity index (χ0v) is 9.17. The van der Waals surface area contributed by atoms with Crippen molar-refractivity contribution in [3.8, 4) is 0 Å². The Morgan fingerprint density at radius 1 is 1.50 bits per heavy atom. The Bertz CT molecular complexity index is 222. The van der Waals surface area contributed by atoms with Crippen LogP contribution in [0, 0.1) is 11.8 Å². The number of amides is 1. The lowest BCUT2D eigenvalue weighted by Crippen LogP contribution is -2.35. The Labute approximate surface area is 89.4 Å². The second-order valence-corrected chi connectivity index (χ2v) is 4.70. The van der Waals surface area contributed by atoms with Gasteiger partial charge in [0.2, 0.25) is 5.91 Å². The summed E-state index contributed by atoms with van der Waals surface area (Å²) in [6.45, 7) is 5.25. The molecule has 2 aliphatic heterocycles. The summed E-state index contributed by atoms with van der Waals surface area (Å²) in [5.74, 6) is 1.21. The fraction of sp³-hybridized carbons (Fsp3) is 0.900. The van der Waals surface area contributed by atoms with Gasteiger partial charge >= 0.3 is 0 Å². The molecular weight excluding hydrogens is 202 g/mol. The molecule has 14 heavy (non-hydrogen) atoms. The summed E-state index contributed by atoms with van der Waals surface area (Å²) in [5, 5.41) is -0.338. The third-order valence-electron chi connectivity index (χ3n) is 3.18. The van der Waals surface area contributed by atoms with Gasteiger partial charge in [0.1, 0.15) is 5.38 Å². The van der Waals surface area contributed by atoms with Crippen molar-refractivity contribution >= 4 is 17.5 Å². The van der Waals surface area contributed by atoms with Gasteiger partial charge < -0.3 is 9.64 Å². The Morgan fingerprint density at radius 2 is 2.07 bits per heavy atom. The van der Waals surface area contributed by atoms with E-state index < -0.39 is 0 Å². The van der Waals surface area contributed by atoms with Crippen LogP contribution in [0.2, 0.25) is 0 Å². The topological polar surface area (TPSA) is 29.5 Å². The lowest BCUT2D eigenvalue weighted by atomic mass is 10.0. The number of alkyl halides is 1. The highest BCUT2D eigenvalue weighted by atomic mass is 35.5. The molecule has 0 saturated carbocycles. The summed E-state index contributed by atoms with van der Waals surface area (Å²) in [6, 6.07) is 0. The highest BCUT2D eigenvalue weighted by Gasteiger charge is 2.39. The van der Waals surface area contributed by atoms with Crippen LogP contribution in [0.3, 0.4) is 0 Å². The van der Waals surface area contributed by atoms with Crippen molar-refractivity contribution < 1.29 is 9.53 Å². The van der Waals surface area contributed by atoms with Gasteiger partial charge in [-0.2, -0.15) is 0 Å². The minimum absolute atomic E-state index is 0.101. The van der Waals surface area contributed by atoms with Crippen molar-refractivity contribution in [3.05, 3.63) is 0 Å². The molecule has 0 aromatic carbocycles. The van der Waals surface area contributed by atoms with Gasteiger partial charge in [-0.3, -0.25) is 4.79 Å². The van der Waals surface area contributed by atoms with E-state index in [1.165, 1.54) is 0 Å². The van der Waals surface area contributed by atoms with E-state index in [4.69, 9.17) is 16.3 Å². The van der Waals surface area contributed by atoms with Crippen LogP contribution in [0.5, 0.6) is 0 Å². The largest absolute Gasteiger partial charge is 0.381 e. The molecule has 80 valence electrons. The normalized spacial score (nSPS) is 33.1. The Kier molecular flexibility index (Phi) is 2.98. The van der Waals surface area contributed by atoms with Gasteiger partial charge in [-0.15, -0.1) is 11.6 Å². The molecule has 3 atom stereocenters. The van der Waals surface area contributed by atoms with E-state index in [1.807, 2.05) is 11.8 Å². The van der Waals surface area contributed by atoms with Crippen molar-refractivity contribution in [1.29, 1.82) is 0 Å². The predicted molar refractivity (Wildman–Crippen MR) is 54.3 cm³/mol. The number of fused-ring (bicyclic) bond motifs is 1. The molecule has 2 heterocycles. The van der Waals surface area contributed by atoms with E-state index in [2.05, 4.69) is 0 Å². The smallest absolute Gasteiger partial charge is 0.240 e. The van der Waals surface area contributed by atoms with E-state index in [0.29, 0.717) is 18.3 Å². The molecule has 0 spiro atoms. The summed E-state index contributed by atoms with van der Waals surface area (Å²) in [4.78, 5) is 13.7. The number of nitrogens with zero attached hydrogens (tertiary/aromatic N) is 1. The summed E-state index contributed by atoms with van der Waals surface area (Å²) in [7, 11) is 0. The summed E-state index contributed by atoms with van der Waals surface area (Å²) < 4.78 is 5.36. The predicted octanol–water partition coefficient (Wildman–Crippen LogP) is 1.11. The van der Waals surface area contributed by atoms with Gasteiger partial charge in [0, 0.05) is 24.9 Å². The first-order valence-corrected chi connectivity index (χ1v) is 5.66. The Hall–Kier alpha value is -0.280. The maximum absolute atomic E-state index is 11.8. The highest BCUT2D eigenvalue weighted by molar-refractivity contribution is 6.30. The third-order valence-corrected chi connectivity index (χ3v) is 3.67. The number of carbonyl (C=O) groups excluding carboxylic acids is 1. The SMILES string of the molecule is CC[C@H](Cl)C(=O)N1C[C@H]2COC[C@@H]2C1. The first kappa shape index (κ1) is 10.2. The molecule has 0 aromatic heterocycles. The van der Waals surface area contributed by atoms with Gasteiger partial charge in [-0.1, -0.05) is 6.92 Å². The van der Waals surface area contributed by atoms with Crippen LogP contribution in [-0.4, -0.2) is 42.5 Å². The summed E-state index contributed by atoms with van der Waals surface area (Å²) in [5.41, 5.74) is 0. The van der Waals surface area contributed by atoms with E-state index in [0.717, 1.165) is 26.3 Å². The van der Waals surface area contributed by atoms with Crippen LogP contribution in [0.15, 0.2) is 0 Å². The van der Waals surface area contributed by atoms with E-state index in [-0.39, 0.29) is 11.3 Å². The number of rotatable bonds is 2. The van der Waals surface area contributed by atoms with Crippen LogP contribution >= 0.6 is 11.6 Å². The molecular formula is C10H16ClNO2. The lowest BCUT2D eigenvalue weighted by Gasteiger charge is -2.19.